The second-order valence-electron chi connectivity index (χ2n) is 12.0. The Bertz CT molecular complexity index is 1750. The van der Waals surface area contributed by atoms with Crippen molar-refractivity contribution in [1.82, 2.24) is 10.6 Å². The molecule has 1 fully saturated rings. The lowest BCUT2D eigenvalue weighted by atomic mass is 9.75. The first kappa shape index (κ1) is 32.9. The van der Waals surface area contributed by atoms with Crippen LogP contribution in [0.2, 0.25) is 0 Å². The van der Waals surface area contributed by atoms with E-state index in [1.807, 2.05) is 48.5 Å². The standard InChI is InChI=1S/C38H40N2O8/c1-45-27-18-16-26(17-19-27)38-33(35(42)40-21-11-10-20-39-34(41)25-14-8-5-9-15-25)31(24-12-6-4-7-13-24)37(44,36(38)43)32-29(47-3)22-28(46-2)23-30(32)48-38/h4-9,12-19,22-23,31,33,36,43-44H,10-11,20-21H2,1-3H3,(H,39,41)(H,40,42)/t31-,33+,36+,37-,38+/m1/s1. The monoisotopic (exact) mass is 652 g/mol. The topological polar surface area (TPSA) is 136 Å². The minimum Gasteiger partial charge on any atom is -0.497 e. The van der Waals surface area contributed by atoms with Crippen LogP contribution in [0.15, 0.2) is 97.1 Å². The van der Waals surface area contributed by atoms with Crippen LogP contribution >= 0.6 is 0 Å². The minimum atomic E-state index is -2.02. The van der Waals surface area contributed by atoms with Crippen LogP contribution in [0.3, 0.4) is 0 Å². The van der Waals surface area contributed by atoms with Gasteiger partial charge >= 0.3 is 0 Å². The summed E-state index contributed by atoms with van der Waals surface area (Å²) in [6, 6.07) is 28.4. The van der Waals surface area contributed by atoms with Gasteiger partial charge in [-0.15, -0.1) is 0 Å². The number of benzene rings is 4. The predicted molar refractivity (Wildman–Crippen MR) is 178 cm³/mol. The second-order valence-corrected chi connectivity index (χ2v) is 12.0. The first-order valence-corrected chi connectivity index (χ1v) is 16.0. The maximum absolute atomic E-state index is 14.6. The molecule has 4 N–H and O–H groups in total. The van der Waals surface area contributed by atoms with Gasteiger partial charge in [-0.05, 0) is 48.2 Å². The number of carbonyl (C=O) groups excluding carboxylic acids is 2. The Morgan fingerprint density at radius 1 is 0.792 bits per heavy atom. The van der Waals surface area contributed by atoms with Crippen molar-refractivity contribution in [2.75, 3.05) is 34.4 Å². The summed E-state index contributed by atoms with van der Waals surface area (Å²) in [4.78, 5) is 27.0. The van der Waals surface area contributed by atoms with E-state index in [0.29, 0.717) is 54.1 Å². The number of aliphatic hydroxyl groups excluding tert-OH is 1. The normalized spacial score (nSPS) is 23.7. The summed E-state index contributed by atoms with van der Waals surface area (Å²) in [6.45, 7) is 0.739. The molecule has 0 radical (unpaired) electrons. The van der Waals surface area contributed by atoms with Gasteiger partial charge in [-0.2, -0.15) is 0 Å². The zero-order chi connectivity index (χ0) is 33.9. The fraction of sp³-hybridized carbons (Fsp3) is 0.316. The molecule has 6 rings (SSSR count). The highest BCUT2D eigenvalue weighted by Gasteiger charge is 2.76. The first-order chi connectivity index (χ1) is 23.3. The van der Waals surface area contributed by atoms with Crippen LogP contribution in [-0.2, 0) is 16.0 Å². The molecule has 0 saturated heterocycles. The molecule has 0 spiro atoms. The van der Waals surface area contributed by atoms with Crippen molar-refractivity contribution >= 4 is 11.8 Å². The van der Waals surface area contributed by atoms with Crippen molar-refractivity contribution in [2.45, 2.75) is 36.1 Å². The molecule has 10 heteroatoms. The first-order valence-electron chi connectivity index (χ1n) is 16.0. The molecule has 1 aliphatic heterocycles. The maximum Gasteiger partial charge on any atom is 0.251 e. The number of aliphatic hydroxyl groups is 2. The van der Waals surface area contributed by atoms with Crippen LogP contribution in [0.4, 0.5) is 0 Å². The van der Waals surface area contributed by atoms with Crippen molar-refractivity contribution < 1.29 is 38.7 Å². The molecule has 1 aliphatic carbocycles. The molecular formula is C38H40N2O8. The molecule has 0 unspecified atom stereocenters. The molecule has 2 bridgehead atoms. The van der Waals surface area contributed by atoms with Gasteiger partial charge in [0.05, 0.1) is 32.8 Å². The molecule has 0 aromatic heterocycles. The summed E-state index contributed by atoms with van der Waals surface area (Å²) in [5.74, 6) is -1.12. The largest absolute Gasteiger partial charge is 0.497 e. The van der Waals surface area contributed by atoms with Crippen LogP contribution in [0.5, 0.6) is 23.0 Å². The van der Waals surface area contributed by atoms with Gasteiger partial charge in [-0.3, -0.25) is 9.59 Å². The molecule has 4 aromatic rings. The molecule has 4 aromatic carbocycles. The maximum atomic E-state index is 14.6. The Morgan fingerprint density at radius 2 is 1.42 bits per heavy atom. The number of hydrogen-bond acceptors (Lipinski definition) is 8. The predicted octanol–water partition coefficient (Wildman–Crippen LogP) is 4.29. The number of amides is 2. The van der Waals surface area contributed by atoms with Crippen molar-refractivity contribution in [2.24, 2.45) is 5.92 Å². The molecule has 10 nitrogen and oxygen atoms in total. The van der Waals surface area contributed by atoms with Crippen molar-refractivity contribution in [3.05, 3.63) is 119 Å². The molecule has 48 heavy (non-hydrogen) atoms. The highest BCUT2D eigenvalue weighted by molar-refractivity contribution is 5.94. The number of unbranched alkanes of at least 4 members (excludes halogenated alkanes) is 1. The lowest BCUT2D eigenvalue weighted by Crippen LogP contribution is -2.56. The van der Waals surface area contributed by atoms with Crippen LogP contribution in [0.1, 0.15) is 45.8 Å². The SMILES string of the molecule is COc1ccc([C@]23Oc4cc(OC)cc(OC)c4[C@](O)([C@H](c4ccccc4)[C@H]2C(=O)NCCCCNC(=O)c2ccccc2)[C@@H]3O)cc1. The van der Waals surface area contributed by atoms with Crippen LogP contribution in [-0.4, -0.2) is 62.6 Å². The summed E-state index contributed by atoms with van der Waals surface area (Å²) in [6.07, 6.45) is -0.388. The number of rotatable bonds is 12. The Labute approximate surface area is 279 Å². The van der Waals surface area contributed by atoms with E-state index in [-0.39, 0.29) is 23.0 Å². The number of ether oxygens (including phenoxy) is 4. The Morgan fingerprint density at radius 3 is 2.04 bits per heavy atom. The van der Waals surface area contributed by atoms with E-state index in [1.54, 1.807) is 55.6 Å². The van der Waals surface area contributed by atoms with Crippen molar-refractivity contribution in [1.29, 1.82) is 0 Å². The summed E-state index contributed by atoms with van der Waals surface area (Å²) in [7, 11) is 4.53. The van der Waals surface area contributed by atoms with Gasteiger partial charge in [-0.1, -0.05) is 60.7 Å². The van der Waals surface area contributed by atoms with Gasteiger partial charge in [0.1, 0.15) is 34.7 Å². The molecule has 1 saturated carbocycles. The zero-order valence-corrected chi connectivity index (χ0v) is 27.1. The molecule has 250 valence electrons. The number of carbonyl (C=O) groups is 2. The number of hydrogen-bond donors (Lipinski definition) is 4. The quantitative estimate of drug-likeness (QED) is 0.167. The van der Waals surface area contributed by atoms with Crippen LogP contribution < -0.4 is 29.6 Å². The van der Waals surface area contributed by atoms with E-state index in [0.717, 1.165) is 0 Å². The van der Waals surface area contributed by atoms with Gasteiger partial charge in [0.2, 0.25) is 5.91 Å². The van der Waals surface area contributed by atoms with Crippen LogP contribution in [0.25, 0.3) is 0 Å². The van der Waals surface area contributed by atoms with Gasteiger partial charge in [0, 0.05) is 36.7 Å². The number of nitrogens with one attached hydrogen (secondary N) is 2. The molecular weight excluding hydrogens is 612 g/mol. The van der Waals surface area contributed by atoms with Crippen molar-refractivity contribution in [3.8, 4) is 23.0 Å². The smallest absolute Gasteiger partial charge is 0.251 e. The lowest BCUT2D eigenvalue weighted by molar-refractivity contribution is -0.159. The van der Waals surface area contributed by atoms with Gasteiger partial charge in [-0.25, -0.2) is 0 Å². The summed E-state index contributed by atoms with van der Waals surface area (Å²) in [5, 5.41) is 31.4. The fourth-order valence-corrected chi connectivity index (χ4v) is 7.25. The summed E-state index contributed by atoms with van der Waals surface area (Å²) < 4.78 is 23.5. The summed E-state index contributed by atoms with van der Waals surface area (Å²) >= 11 is 0. The third-order valence-electron chi connectivity index (χ3n) is 9.47. The minimum absolute atomic E-state index is 0.156. The Balaban J connectivity index is 1.37. The summed E-state index contributed by atoms with van der Waals surface area (Å²) in [5.41, 5.74) is -1.78. The van der Waals surface area contributed by atoms with Gasteiger partial charge in [0.15, 0.2) is 5.60 Å². The molecule has 1 heterocycles. The lowest BCUT2D eigenvalue weighted by Gasteiger charge is -2.45. The van der Waals surface area contributed by atoms with E-state index in [4.69, 9.17) is 18.9 Å². The van der Waals surface area contributed by atoms with Gasteiger partial charge in [0.25, 0.3) is 5.91 Å². The average molecular weight is 653 g/mol. The average Bonchev–Trinajstić information content (AvgIpc) is 3.25. The number of fused-ring (bicyclic) bond motifs is 4. The third-order valence-corrected chi connectivity index (χ3v) is 9.47. The van der Waals surface area contributed by atoms with Gasteiger partial charge < -0.3 is 39.8 Å². The van der Waals surface area contributed by atoms with E-state index >= 15 is 0 Å². The highest BCUT2D eigenvalue weighted by atomic mass is 16.5. The van der Waals surface area contributed by atoms with Crippen LogP contribution in [0, 0.1) is 5.92 Å². The molecule has 2 aliphatic rings. The van der Waals surface area contributed by atoms with Crippen molar-refractivity contribution in [3.63, 3.8) is 0 Å². The highest BCUT2D eigenvalue weighted by Crippen LogP contribution is 2.68. The fourth-order valence-electron chi connectivity index (χ4n) is 7.25. The molecule has 2 amide bonds. The van der Waals surface area contributed by atoms with E-state index in [1.165, 1.54) is 14.2 Å². The third kappa shape index (κ3) is 5.50. The second kappa shape index (κ2) is 13.6. The van der Waals surface area contributed by atoms with E-state index in [9.17, 15) is 19.8 Å². The zero-order valence-electron chi connectivity index (χ0n) is 27.1. The number of methoxy groups -OCH3 is 3. The van der Waals surface area contributed by atoms with E-state index < -0.39 is 35.0 Å². The van der Waals surface area contributed by atoms with E-state index in [2.05, 4.69) is 10.6 Å². The Kier molecular flexibility index (Phi) is 9.30. The Hall–Kier alpha value is -5.06. The molecule has 5 atom stereocenters.